The van der Waals surface area contributed by atoms with Crippen molar-refractivity contribution >= 4 is 0 Å². The van der Waals surface area contributed by atoms with Crippen LogP contribution in [0, 0.1) is 0 Å². The average Bonchev–Trinajstić information content (AvgIpc) is 1.95. The van der Waals surface area contributed by atoms with E-state index in [9.17, 15) is 0 Å². The van der Waals surface area contributed by atoms with E-state index in [-0.39, 0.29) is 5.75 Å². The highest BCUT2D eigenvalue weighted by Gasteiger charge is 1.91. The van der Waals surface area contributed by atoms with Crippen LogP contribution in [0.1, 0.15) is 0 Å². The van der Waals surface area contributed by atoms with Gasteiger partial charge in [0.2, 0.25) is 0 Å². The molecule has 0 heterocycles. The highest BCUT2D eigenvalue weighted by Crippen LogP contribution is 2.15. The number of rotatable bonds is 2. The van der Waals surface area contributed by atoms with E-state index in [1.165, 1.54) is 24.3 Å². The summed E-state index contributed by atoms with van der Waals surface area (Å²) < 4.78 is 0. The predicted molar refractivity (Wildman–Crippen MR) is 34.0 cm³/mol. The summed E-state index contributed by atoms with van der Waals surface area (Å²) in [4.78, 5) is 8.31. The lowest BCUT2D eigenvalue weighted by Crippen LogP contribution is -2.02. The van der Waals surface area contributed by atoms with Crippen LogP contribution in [0.25, 0.3) is 0 Å². The lowest BCUT2D eigenvalue weighted by molar-refractivity contribution is -0.211. The summed E-state index contributed by atoms with van der Waals surface area (Å²) in [5.74, 6) is 5.23. The summed E-state index contributed by atoms with van der Waals surface area (Å²) in [5, 5.41) is 8.80. The van der Waals surface area contributed by atoms with Gasteiger partial charge in [-0.15, -0.1) is 0 Å². The van der Waals surface area contributed by atoms with E-state index in [0.29, 0.717) is 5.75 Å². The van der Waals surface area contributed by atoms with Gasteiger partial charge >= 0.3 is 0 Å². The quantitative estimate of drug-likeness (QED) is 0.467. The summed E-state index contributed by atoms with van der Waals surface area (Å²) in [6, 6.07) is 5.99. The largest absolute Gasteiger partial charge is 0.508 e. The van der Waals surface area contributed by atoms with E-state index in [4.69, 9.17) is 5.11 Å². The van der Waals surface area contributed by atoms with Gasteiger partial charge in [0.25, 0.3) is 0 Å². The predicted octanol–water partition coefficient (Wildman–Crippen LogP) is 0.576. The molecule has 3 N–H and O–H groups in total. The van der Waals surface area contributed by atoms with E-state index in [1.54, 1.807) is 0 Å². The van der Waals surface area contributed by atoms with Crippen LogP contribution >= 0.6 is 0 Å². The molecule has 10 heavy (non-hydrogen) atoms. The number of hydrogen-bond donors (Lipinski definition) is 2. The molecule has 4 nitrogen and oxygen atoms in total. The lowest BCUT2D eigenvalue weighted by Gasteiger charge is -1.97. The minimum absolute atomic E-state index is 0.171. The van der Waals surface area contributed by atoms with Gasteiger partial charge in [-0.1, -0.05) is 4.99 Å². The number of benzene rings is 1. The number of nitrogens with two attached hydrogens (primary N) is 1. The van der Waals surface area contributed by atoms with Crippen molar-refractivity contribution in [3.05, 3.63) is 24.3 Å². The molecule has 1 rings (SSSR count). The lowest BCUT2D eigenvalue weighted by atomic mass is 10.3. The van der Waals surface area contributed by atoms with Gasteiger partial charge in [-0.25, -0.2) is 0 Å². The van der Waals surface area contributed by atoms with Crippen LogP contribution in [-0.4, -0.2) is 5.11 Å². The van der Waals surface area contributed by atoms with Crippen LogP contribution < -0.4 is 10.8 Å². The number of hydrogen-bond acceptors (Lipinski definition) is 4. The molecule has 0 aromatic heterocycles. The molecule has 1 aromatic carbocycles. The van der Waals surface area contributed by atoms with Gasteiger partial charge in [0.05, 0.1) is 0 Å². The van der Waals surface area contributed by atoms with E-state index >= 15 is 0 Å². The van der Waals surface area contributed by atoms with Gasteiger partial charge < -0.3 is 9.99 Å². The fourth-order valence-electron chi connectivity index (χ4n) is 0.557. The molecule has 1 aromatic rings. The molecular weight excluding hydrogens is 134 g/mol. The summed E-state index contributed by atoms with van der Waals surface area (Å²) >= 11 is 0. The smallest absolute Gasteiger partial charge is 0.167 e. The first-order valence-corrected chi connectivity index (χ1v) is 2.65. The number of phenolic OH excluding ortho intramolecular Hbond substituents is 1. The molecule has 54 valence electrons. The third kappa shape index (κ3) is 1.61. The third-order valence-electron chi connectivity index (χ3n) is 0.981. The monoisotopic (exact) mass is 141 g/mol. The van der Waals surface area contributed by atoms with Crippen molar-refractivity contribution in [1.29, 1.82) is 0 Å². The van der Waals surface area contributed by atoms with Crippen molar-refractivity contribution in [3.63, 3.8) is 0 Å². The summed E-state index contributed by atoms with van der Waals surface area (Å²) in [5.41, 5.74) is 0. The Morgan fingerprint density at radius 2 is 1.80 bits per heavy atom. The molecule has 0 fully saturated rings. The van der Waals surface area contributed by atoms with Crippen LogP contribution in [0.3, 0.4) is 0 Å². The van der Waals surface area contributed by atoms with E-state index in [1.807, 2.05) is 0 Å². The molecule has 4 heteroatoms. The van der Waals surface area contributed by atoms with Gasteiger partial charge in [-0.2, -0.15) is 5.90 Å². The van der Waals surface area contributed by atoms with E-state index < -0.39 is 0 Å². The first-order valence-electron chi connectivity index (χ1n) is 2.65. The van der Waals surface area contributed by atoms with Crippen molar-refractivity contribution in [3.8, 4) is 11.5 Å². The number of phenols is 1. The molecule has 0 aliphatic carbocycles. The Labute approximate surface area is 57.7 Å². The molecule has 0 saturated carbocycles. The molecule has 0 saturated heterocycles. The molecule has 0 bridgehead atoms. The maximum atomic E-state index is 8.80. The Hall–Kier alpha value is -1.26. The first kappa shape index (κ1) is 6.85. The SMILES string of the molecule is NOOc1ccc(O)cc1. The Balaban J connectivity index is 2.69. The summed E-state index contributed by atoms with van der Waals surface area (Å²) in [6.07, 6.45) is 0. The number of aromatic hydroxyl groups is 1. The standard InChI is InChI=1S/C6H7NO3/c7-10-9-6-3-1-5(8)2-4-6/h1-4,8H,7H2. The molecule has 0 spiro atoms. The first-order chi connectivity index (χ1) is 4.83. The fourth-order valence-corrected chi connectivity index (χ4v) is 0.557. The topological polar surface area (TPSA) is 64.7 Å². The third-order valence-corrected chi connectivity index (χ3v) is 0.981. The molecule has 0 unspecified atom stereocenters. The van der Waals surface area contributed by atoms with Gasteiger partial charge in [-0.3, -0.25) is 0 Å². The second-order valence-corrected chi connectivity index (χ2v) is 1.67. The van der Waals surface area contributed by atoms with Crippen molar-refractivity contribution in [2.75, 3.05) is 0 Å². The minimum Gasteiger partial charge on any atom is -0.508 e. The molecule has 0 amide bonds. The second kappa shape index (κ2) is 3.05. The molecule has 0 aliphatic heterocycles. The Morgan fingerprint density at radius 1 is 1.20 bits per heavy atom. The Kier molecular flexibility index (Phi) is 2.09. The average molecular weight is 141 g/mol. The van der Waals surface area contributed by atoms with Crippen molar-refractivity contribution in [2.45, 2.75) is 0 Å². The van der Waals surface area contributed by atoms with Crippen molar-refractivity contribution < 1.29 is 15.0 Å². The van der Waals surface area contributed by atoms with Crippen LogP contribution in [0.5, 0.6) is 11.5 Å². The molecule has 0 atom stereocenters. The Bertz CT molecular complexity index is 197. The zero-order valence-electron chi connectivity index (χ0n) is 5.15. The van der Waals surface area contributed by atoms with Crippen molar-refractivity contribution in [2.24, 2.45) is 5.90 Å². The summed E-state index contributed by atoms with van der Waals surface area (Å²) in [6.45, 7) is 0. The highest BCUT2D eigenvalue weighted by molar-refractivity contribution is 5.29. The fraction of sp³-hybridized carbons (Fsp3) is 0. The van der Waals surface area contributed by atoms with Crippen LogP contribution in [0.2, 0.25) is 0 Å². The van der Waals surface area contributed by atoms with Crippen LogP contribution in [-0.2, 0) is 4.99 Å². The van der Waals surface area contributed by atoms with E-state index in [2.05, 4.69) is 15.8 Å². The zero-order valence-corrected chi connectivity index (χ0v) is 5.15. The molecule has 0 aliphatic rings. The van der Waals surface area contributed by atoms with Gasteiger partial charge in [-0.05, 0) is 24.3 Å². The highest BCUT2D eigenvalue weighted by atomic mass is 17.3. The van der Waals surface area contributed by atoms with Gasteiger partial charge in [0.15, 0.2) is 5.75 Å². The maximum Gasteiger partial charge on any atom is 0.167 e. The normalized spacial score (nSPS) is 9.30. The van der Waals surface area contributed by atoms with Crippen molar-refractivity contribution in [1.82, 2.24) is 0 Å². The van der Waals surface area contributed by atoms with Crippen LogP contribution in [0.4, 0.5) is 0 Å². The molecule has 0 radical (unpaired) electrons. The Morgan fingerprint density at radius 3 is 2.30 bits per heavy atom. The van der Waals surface area contributed by atoms with Gasteiger partial charge in [0.1, 0.15) is 5.75 Å². The zero-order chi connectivity index (χ0) is 7.40. The van der Waals surface area contributed by atoms with Gasteiger partial charge in [0, 0.05) is 0 Å². The maximum absolute atomic E-state index is 8.80. The van der Waals surface area contributed by atoms with Crippen LogP contribution in [0.15, 0.2) is 24.3 Å². The summed E-state index contributed by atoms with van der Waals surface area (Å²) in [7, 11) is 0. The van der Waals surface area contributed by atoms with E-state index in [0.717, 1.165) is 0 Å². The minimum atomic E-state index is 0.171. The second-order valence-electron chi connectivity index (χ2n) is 1.67. The molecular formula is C6H7NO3.